The van der Waals surface area contributed by atoms with Gasteiger partial charge in [0.05, 0.1) is 18.6 Å². The van der Waals surface area contributed by atoms with Gasteiger partial charge in [0.2, 0.25) is 0 Å². The maximum atomic E-state index is 15.6. The molecule has 43 heavy (non-hydrogen) atoms. The molecule has 5 heterocycles. The Bertz CT molecular complexity index is 1670. The number of thiazole rings is 1. The molecule has 3 aliphatic rings. The molecule has 222 valence electrons. The average Bonchev–Trinajstić information content (AvgIpc) is 3.81. The van der Waals surface area contributed by atoms with Crippen LogP contribution in [0.1, 0.15) is 64.6 Å². The zero-order chi connectivity index (χ0) is 29.7. The molecular formula is C32H32F2N6O2S. The van der Waals surface area contributed by atoms with E-state index >= 15 is 4.39 Å². The van der Waals surface area contributed by atoms with Gasteiger partial charge in [0.15, 0.2) is 11.2 Å². The van der Waals surface area contributed by atoms with Gasteiger partial charge in [0.1, 0.15) is 12.0 Å². The van der Waals surface area contributed by atoms with Crippen LogP contribution in [0.4, 0.5) is 13.9 Å². The monoisotopic (exact) mass is 602 g/mol. The van der Waals surface area contributed by atoms with E-state index in [1.807, 2.05) is 35.8 Å². The van der Waals surface area contributed by atoms with Crippen LogP contribution in [-0.4, -0.2) is 62.0 Å². The lowest BCUT2D eigenvalue weighted by atomic mass is 9.87. The van der Waals surface area contributed by atoms with Crippen LogP contribution < -0.4 is 5.32 Å². The number of imidazole rings is 1. The second-order valence-electron chi connectivity index (χ2n) is 11.4. The number of likely N-dealkylation sites (tertiary alicyclic amines) is 1. The first kappa shape index (κ1) is 27.8. The van der Waals surface area contributed by atoms with Crippen molar-refractivity contribution in [2.45, 2.75) is 57.4 Å². The molecule has 3 aliphatic heterocycles. The summed E-state index contributed by atoms with van der Waals surface area (Å²) in [5.41, 5.74) is 4.15. The van der Waals surface area contributed by atoms with E-state index in [1.54, 1.807) is 24.0 Å². The van der Waals surface area contributed by atoms with E-state index in [1.165, 1.54) is 22.3 Å². The number of alkyl halides is 1. The maximum Gasteiger partial charge on any atom is 0.255 e. The molecule has 2 amide bonds. The van der Waals surface area contributed by atoms with E-state index in [2.05, 4.69) is 20.2 Å². The Kier molecular flexibility index (Phi) is 7.30. The van der Waals surface area contributed by atoms with Crippen molar-refractivity contribution in [3.05, 3.63) is 88.2 Å². The van der Waals surface area contributed by atoms with E-state index in [0.717, 1.165) is 55.7 Å². The Labute approximate surface area is 252 Å². The fraction of sp³-hybridized carbons (Fsp3) is 0.375. The summed E-state index contributed by atoms with van der Waals surface area (Å²) >= 11 is 1.28. The van der Waals surface area contributed by atoms with Crippen molar-refractivity contribution in [1.29, 1.82) is 0 Å². The van der Waals surface area contributed by atoms with Crippen LogP contribution in [-0.2, 0) is 24.3 Å². The predicted molar refractivity (Wildman–Crippen MR) is 160 cm³/mol. The van der Waals surface area contributed by atoms with Gasteiger partial charge in [0.25, 0.3) is 11.8 Å². The lowest BCUT2D eigenvalue weighted by Gasteiger charge is -2.34. The van der Waals surface area contributed by atoms with Crippen LogP contribution in [0.15, 0.2) is 54.3 Å². The number of nitrogens with zero attached hydrogens (tertiary/aromatic N) is 5. The van der Waals surface area contributed by atoms with E-state index in [-0.39, 0.29) is 23.6 Å². The lowest BCUT2D eigenvalue weighted by Crippen LogP contribution is -2.40. The molecule has 4 aromatic rings. The zero-order valence-corrected chi connectivity index (χ0v) is 24.6. The fourth-order valence-corrected chi connectivity index (χ4v) is 7.25. The number of hydrogen-bond acceptors (Lipinski definition) is 6. The average molecular weight is 603 g/mol. The SMILES string of the molecule is CCN1CC[C@H](c2ccc(-c3cc(F)c4c(c3)C(=O)N(C(C(=O)Nc3nccs3)c3ncn5c3CCC5)C4)cc2)[C@@H](F)C1. The first-order valence-corrected chi connectivity index (χ1v) is 15.6. The number of hydrogen-bond donors (Lipinski definition) is 1. The van der Waals surface area contributed by atoms with Gasteiger partial charge in [0, 0.05) is 47.4 Å². The molecule has 3 atom stereocenters. The van der Waals surface area contributed by atoms with Crippen LogP contribution in [0, 0.1) is 5.82 Å². The number of aromatic nitrogens is 3. The van der Waals surface area contributed by atoms with Crippen LogP contribution in [0.2, 0.25) is 0 Å². The molecule has 1 N–H and O–H groups in total. The van der Waals surface area contributed by atoms with Crippen molar-refractivity contribution in [2.24, 2.45) is 0 Å². The van der Waals surface area contributed by atoms with Crippen LogP contribution in [0.25, 0.3) is 11.1 Å². The van der Waals surface area contributed by atoms with E-state index in [0.29, 0.717) is 22.9 Å². The highest BCUT2D eigenvalue weighted by molar-refractivity contribution is 7.13. The Balaban J connectivity index is 1.17. The number of carbonyl (C=O) groups is 2. The van der Waals surface area contributed by atoms with E-state index in [9.17, 15) is 14.0 Å². The zero-order valence-electron chi connectivity index (χ0n) is 23.8. The normalized spacial score (nSPS) is 20.7. The number of amides is 2. The topological polar surface area (TPSA) is 83.4 Å². The third-order valence-electron chi connectivity index (χ3n) is 9.03. The van der Waals surface area contributed by atoms with Gasteiger partial charge in [-0.3, -0.25) is 14.9 Å². The molecule has 0 bridgehead atoms. The van der Waals surface area contributed by atoms with Gasteiger partial charge in [-0.25, -0.2) is 18.7 Å². The van der Waals surface area contributed by atoms with Crippen LogP contribution in [0.3, 0.4) is 0 Å². The Morgan fingerprint density at radius 3 is 2.74 bits per heavy atom. The number of benzene rings is 2. The number of carbonyl (C=O) groups excluding carboxylic acids is 2. The first-order chi connectivity index (χ1) is 20.9. The molecule has 7 rings (SSSR count). The van der Waals surface area contributed by atoms with Gasteiger partial charge < -0.3 is 14.4 Å². The van der Waals surface area contributed by atoms with Crippen LogP contribution >= 0.6 is 11.3 Å². The molecular weight excluding hydrogens is 570 g/mol. The third kappa shape index (κ3) is 5.04. The smallest absolute Gasteiger partial charge is 0.255 e. The van der Waals surface area contributed by atoms with Gasteiger partial charge in [-0.1, -0.05) is 31.2 Å². The lowest BCUT2D eigenvalue weighted by molar-refractivity contribution is -0.121. The van der Waals surface area contributed by atoms with E-state index < -0.39 is 29.8 Å². The number of rotatable bonds is 7. The third-order valence-corrected chi connectivity index (χ3v) is 9.72. The number of aryl methyl sites for hydroxylation is 1. The number of anilines is 1. The van der Waals surface area contributed by atoms with Crippen molar-refractivity contribution in [3.63, 3.8) is 0 Å². The molecule has 2 aromatic heterocycles. The standard InChI is InChI=1S/C32H32F2N6O2S/c1-2-38-12-9-22(26(34)17-38)20-7-5-19(6-8-20)21-14-23-24(25(33)15-21)16-40(31(23)42)29(30(41)37-32-35-10-13-43-32)28-27-4-3-11-39(27)18-36-28/h5-8,10,13-15,18,22,26,29H,2-4,9,11-12,16-17H2,1H3,(H,35,37,41)/t22-,26+,29?/m1/s1. The van der Waals surface area contributed by atoms with Crippen molar-refractivity contribution in [3.8, 4) is 11.1 Å². The molecule has 8 nitrogen and oxygen atoms in total. The van der Waals surface area contributed by atoms with E-state index in [4.69, 9.17) is 0 Å². The summed E-state index contributed by atoms with van der Waals surface area (Å²) in [6.07, 6.45) is 4.80. The van der Waals surface area contributed by atoms with Crippen molar-refractivity contribution < 1.29 is 18.4 Å². The summed E-state index contributed by atoms with van der Waals surface area (Å²) in [6, 6.07) is 9.64. The Hall–Kier alpha value is -3.96. The first-order valence-electron chi connectivity index (χ1n) is 14.8. The largest absolute Gasteiger partial charge is 0.334 e. The second kappa shape index (κ2) is 11.3. The quantitative estimate of drug-likeness (QED) is 0.299. The molecule has 1 unspecified atom stereocenters. The number of nitrogens with one attached hydrogen (secondary N) is 1. The minimum Gasteiger partial charge on any atom is -0.334 e. The molecule has 0 radical (unpaired) electrons. The summed E-state index contributed by atoms with van der Waals surface area (Å²) in [5.74, 6) is -1.52. The fourth-order valence-electron chi connectivity index (χ4n) is 6.72. The van der Waals surface area contributed by atoms with Crippen molar-refractivity contribution in [1.82, 2.24) is 24.3 Å². The number of halogens is 2. The van der Waals surface area contributed by atoms with Gasteiger partial charge in [-0.15, -0.1) is 11.3 Å². The van der Waals surface area contributed by atoms with Gasteiger partial charge in [-0.2, -0.15) is 0 Å². The molecule has 0 aliphatic carbocycles. The highest BCUT2D eigenvalue weighted by atomic mass is 32.1. The second-order valence-corrected chi connectivity index (χ2v) is 12.3. The van der Waals surface area contributed by atoms with Crippen LogP contribution in [0.5, 0.6) is 0 Å². The molecule has 1 fully saturated rings. The Morgan fingerprint density at radius 2 is 2.00 bits per heavy atom. The minimum atomic E-state index is -1.03. The highest BCUT2D eigenvalue weighted by Crippen LogP contribution is 2.38. The minimum absolute atomic E-state index is 0.0458. The summed E-state index contributed by atoms with van der Waals surface area (Å²) in [6.45, 7) is 4.94. The van der Waals surface area contributed by atoms with Gasteiger partial charge >= 0.3 is 0 Å². The highest BCUT2D eigenvalue weighted by Gasteiger charge is 2.42. The van der Waals surface area contributed by atoms with Crippen molar-refractivity contribution >= 4 is 28.3 Å². The number of piperidine rings is 1. The van der Waals surface area contributed by atoms with Gasteiger partial charge in [-0.05, 0) is 61.2 Å². The summed E-state index contributed by atoms with van der Waals surface area (Å²) in [4.78, 5) is 39.8. The molecule has 1 saturated heterocycles. The Morgan fingerprint density at radius 1 is 1.16 bits per heavy atom. The summed E-state index contributed by atoms with van der Waals surface area (Å²) in [5, 5.41) is 4.99. The molecule has 0 saturated carbocycles. The number of fused-ring (bicyclic) bond motifs is 2. The predicted octanol–water partition coefficient (Wildman–Crippen LogP) is 5.58. The molecule has 11 heteroatoms. The summed E-state index contributed by atoms with van der Waals surface area (Å²) in [7, 11) is 0. The summed E-state index contributed by atoms with van der Waals surface area (Å²) < 4.78 is 32.6. The van der Waals surface area contributed by atoms with Crippen molar-refractivity contribution in [2.75, 3.05) is 25.0 Å². The molecule has 0 spiro atoms. The maximum absolute atomic E-state index is 15.6. The molecule has 2 aromatic carbocycles.